The Hall–Kier alpha value is -3.39. The number of benzene rings is 2. The van der Waals surface area contributed by atoms with Crippen LogP contribution in [-0.2, 0) is 6.54 Å². The lowest BCUT2D eigenvalue weighted by molar-refractivity contribution is 0.888. The van der Waals surface area contributed by atoms with Crippen molar-refractivity contribution in [2.45, 2.75) is 13.5 Å². The number of rotatable bonds is 5. The highest BCUT2D eigenvalue weighted by Crippen LogP contribution is 2.19. The lowest BCUT2D eigenvalue weighted by Crippen LogP contribution is -2.18. The monoisotopic (exact) mass is 329 g/mol. The first-order valence-corrected chi connectivity index (χ1v) is 8.02. The van der Waals surface area contributed by atoms with Crippen LogP contribution in [0.2, 0.25) is 0 Å². The molecule has 0 radical (unpaired) electrons. The van der Waals surface area contributed by atoms with Gasteiger partial charge in [0.15, 0.2) is 0 Å². The quantitative estimate of drug-likeness (QED) is 0.765. The van der Waals surface area contributed by atoms with Crippen LogP contribution in [0, 0.1) is 18.3 Å². The maximum Gasteiger partial charge on any atom is 0.229 e. The summed E-state index contributed by atoms with van der Waals surface area (Å²) in [6, 6.07) is 21.6. The lowest BCUT2D eigenvalue weighted by Gasteiger charge is -2.19. The Morgan fingerprint density at radius 3 is 2.60 bits per heavy atom. The Morgan fingerprint density at radius 2 is 1.84 bits per heavy atom. The van der Waals surface area contributed by atoms with Crippen LogP contribution in [0.1, 0.15) is 16.8 Å². The Bertz CT molecular complexity index is 899. The van der Waals surface area contributed by atoms with Gasteiger partial charge in [-0.15, -0.1) is 0 Å². The van der Waals surface area contributed by atoms with Crippen LogP contribution in [0.15, 0.2) is 60.7 Å². The van der Waals surface area contributed by atoms with Gasteiger partial charge in [0.1, 0.15) is 5.82 Å². The Kier molecular flexibility index (Phi) is 4.91. The number of nitrogens with one attached hydrogen (secondary N) is 1. The average molecular weight is 329 g/mol. The van der Waals surface area contributed by atoms with Gasteiger partial charge >= 0.3 is 0 Å². The zero-order chi connectivity index (χ0) is 17.6. The highest BCUT2D eigenvalue weighted by molar-refractivity contribution is 5.58. The molecule has 0 aliphatic heterocycles. The van der Waals surface area contributed by atoms with E-state index in [-0.39, 0.29) is 0 Å². The fourth-order valence-electron chi connectivity index (χ4n) is 2.54. The zero-order valence-electron chi connectivity index (χ0n) is 14.3. The van der Waals surface area contributed by atoms with E-state index in [9.17, 15) is 0 Å². The maximum absolute atomic E-state index is 9.01. The molecule has 0 unspecified atom stereocenters. The molecular formula is C20H19N5. The summed E-state index contributed by atoms with van der Waals surface area (Å²) in [4.78, 5) is 11.1. The van der Waals surface area contributed by atoms with Crippen molar-refractivity contribution >= 4 is 17.5 Å². The normalized spacial score (nSPS) is 10.1. The first-order chi connectivity index (χ1) is 12.1. The van der Waals surface area contributed by atoms with Crippen LogP contribution in [0.4, 0.5) is 17.5 Å². The van der Waals surface area contributed by atoms with Crippen molar-refractivity contribution in [1.29, 1.82) is 5.26 Å². The van der Waals surface area contributed by atoms with Crippen LogP contribution >= 0.6 is 0 Å². The predicted octanol–water partition coefficient (Wildman–Crippen LogP) is 4.04. The molecule has 124 valence electrons. The summed E-state index contributed by atoms with van der Waals surface area (Å²) in [6.45, 7) is 2.71. The van der Waals surface area contributed by atoms with Gasteiger partial charge in [0.2, 0.25) is 5.95 Å². The first kappa shape index (κ1) is 16.5. The van der Waals surface area contributed by atoms with E-state index in [1.807, 2.05) is 50.4 Å². The van der Waals surface area contributed by atoms with Gasteiger partial charge in [-0.3, -0.25) is 0 Å². The minimum Gasteiger partial charge on any atom is -0.355 e. The number of hydrogen-bond acceptors (Lipinski definition) is 5. The van der Waals surface area contributed by atoms with Gasteiger partial charge in [0, 0.05) is 31.0 Å². The molecule has 5 heteroatoms. The molecule has 0 saturated heterocycles. The molecule has 0 atom stereocenters. The highest BCUT2D eigenvalue weighted by Gasteiger charge is 2.08. The van der Waals surface area contributed by atoms with Gasteiger partial charge in [0.05, 0.1) is 11.6 Å². The number of hydrogen-bond donors (Lipinski definition) is 1. The zero-order valence-corrected chi connectivity index (χ0v) is 14.3. The van der Waals surface area contributed by atoms with Crippen LogP contribution in [0.5, 0.6) is 0 Å². The number of aryl methyl sites for hydroxylation is 1. The topological polar surface area (TPSA) is 64.8 Å². The second kappa shape index (κ2) is 7.45. The Labute approximate surface area is 147 Å². The van der Waals surface area contributed by atoms with Crippen molar-refractivity contribution < 1.29 is 0 Å². The number of anilines is 3. The molecule has 5 nitrogen and oxygen atoms in total. The smallest absolute Gasteiger partial charge is 0.229 e. The van der Waals surface area contributed by atoms with Gasteiger partial charge in [-0.2, -0.15) is 10.2 Å². The van der Waals surface area contributed by atoms with Gasteiger partial charge in [-0.05, 0) is 30.7 Å². The largest absolute Gasteiger partial charge is 0.355 e. The van der Waals surface area contributed by atoms with Crippen molar-refractivity contribution in [2.24, 2.45) is 0 Å². The number of nitrogens with zero attached hydrogens (tertiary/aromatic N) is 4. The second-order valence-electron chi connectivity index (χ2n) is 5.85. The van der Waals surface area contributed by atoms with Crippen LogP contribution in [0.3, 0.4) is 0 Å². The van der Waals surface area contributed by atoms with Gasteiger partial charge in [-0.1, -0.05) is 36.4 Å². The molecule has 1 N–H and O–H groups in total. The van der Waals surface area contributed by atoms with Crippen molar-refractivity contribution in [3.63, 3.8) is 0 Å². The van der Waals surface area contributed by atoms with Crippen molar-refractivity contribution in [1.82, 2.24) is 9.97 Å². The molecule has 0 spiro atoms. The van der Waals surface area contributed by atoms with Crippen LogP contribution in [-0.4, -0.2) is 17.0 Å². The second-order valence-corrected chi connectivity index (χ2v) is 5.85. The third-order valence-electron chi connectivity index (χ3n) is 3.74. The van der Waals surface area contributed by atoms with E-state index in [1.165, 1.54) is 5.56 Å². The van der Waals surface area contributed by atoms with Crippen molar-refractivity contribution in [2.75, 3.05) is 17.3 Å². The molecule has 1 aromatic heterocycles. The molecule has 1 heterocycles. The molecule has 0 bridgehead atoms. The molecular weight excluding hydrogens is 310 g/mol. The molecule has 3 aromatic rings. The SMILES string of the molecule is Cc1cc(N(C)Cc2ccccc2)nc(Nc2cccc(C#N)c2)n1. The van der Waals surface area contributed by atoms with E-state index in [0.717, 1.165) is 23.7 Å². The van der Waals surface area contributed by atoms with Gasteiger partial charge < -0.3 is 10.2 Å². The summed E-state index contributed by atoms with van der Waals surface area (Å²) < 4.78 is 0. The lowest BCUT2D eigenvalue weighted by atomic mass is 10.2. The summed E-state index contributed by atoms with van der Waals surface area (Å²) >= 11 is 0. The van der Waals surface area contributed by atoms with E-state index >= 15 is 0 Å². The summed E-state index contributed by atoms with van der Waals surface area (Å²) in [5.74, 6) is 1.36. The van der Waals surface area contributed by atoms with Crippen LogP contribution < -0.4 is 10.2 Å². The van der Waals surface area contributed by atoms with E-state index in [2.05, 4.69) is 38.4 Å². The van der Waals surface area contributed by atoms with Crippen LogP contribution in [0.25, 0.3) is 0 Å². The number of nitriles is 1. The maximum atomic E-state index is 9.01. The van der Waals surface area contributed by atoms with E-state index in [4.69, 9.17) is 5.26 Å². The summed E-state index contributed by atoms with van der Waals surface area (Å²) in [6.07, 6.45) is 0. The summed E-state index contributed by atoms with van der Waals surface area (Å²) in [7, 11) is 2.01. The molecule has 0 amide bonds. The minimum absolute atomic E-state index is 0.519. The first-order valence-electron chi connectivity index (χ1n) is 8.02. The van der Waals surface area contributed by atoms with Crippen molar-refractivity contribution in [3.8, 4) is 6.07 Å². The molecule has 0 fully saturated rings. The van der Waals surface area contributed by atoms with E-state index < -0.39 is 0 Å². The Balaban J connectivity index is 1.81. The molecule has 3 rings (SSSR count). The molecule has 0 aliphatic carbocycles. The summed E-state index contributed by atoms with van der Waals surface area (Å²) in [5.41, 5.74) is 3.49. The third kappa shape index (κ3) is 4.33. The third-order valence-corrected chi connectivity index (χ3v) is 3.74. The summed E-state index contributed by atoms with van der Waals surface area (Å²) in [5, 5.41) is 12.2. The standard InChI is InChI=1S/C20H19N5/c1-15-11-19(25(2)14-16-7-4-3-5-8-16)24-20(22-15)23-18-10-6-9-17(12-18)13-21/h3-12H,14H2,1-2H3,(H,22,23,24). The highest BCUT2D eigenvalue weighted by atomic mass is 15.2. The molecule has 0 aliphatic rings. The average Bonchev–Trinajstić information content (AvgIpc) is 2.62. The van der Waals surface area contributed by atoms with E-state index in [0.29, 0.717) is 11.5 Å². The number of aromatic nitrogens is 2. The predicted molar refractivity (Wildman–Crippen MR) is 99.8 cm³/mol. The van der Waals surface area contributed by atoms with Gasteiger partial charge in [-0.25, -0.2) is 4.98 Å². The van der Waals surface area contributed by atoms with Crippen molar-refractivity contribution in [3.05, 3.63) is 77.5 Å². The molecule has 2 aromatic carbocycles. The molecule has 0 saturated carbocycles. The fourth-order valence-corrected chi connectivity index (χ4v) is 2.54. The minimum atomic E-state index is 0.519. The van der Waals surface area contributed by atoms with E-state index in [1.54, 1.807) is 12.1 Å². The molecule has 25 heavy (non-hydrogen) atoms. The van der Waals surface area contributed by atoms with Gasteiger partial charge in [0.25, 0.3) is 0 Å². The fraction of sp³-hybridized carbons (Fsp3) is 0.150. The Morgan fingerprint density at radius 1 is 1.04 bits per heavy atom.